The number of aromatic amines is 1. The highest BCUT2D eigenvalue weighted by Gasteiger charge is 2.18. The molecule has 8 nitrogen and oxygen atoms in total. The second kappa shape index (κ2) is 6.38. The molecular formula is C13H21N7O. The summed E-state index contributed by atoms with van der Waals surface area (Å²) in [5.74, 6) is 1.25. The minimum atomic E-state index is 0.0321. The van der Waals surface area contributed by atoms with E-state index in [1.807, 2.05) is 4.90 Å². The molecule has 0 radical (unpaired) electrons. The smallest absolute Gasteiger partial charge is 0.241 e. The zero-order valence-corrected chi connectivity index (χ0v) is 12.8. The molecule has 2 rings (SSSR count). The molecule has 2 N–H and O–H groups in total. The summed E-state index contributed by atoms with van der Waals surface area (Å²) in [7, 11) is 5.26. The first kappa shape index (κ1) is 15.0. The number of rotatable bonds is 6. The molecule has 2 aromatic rings. The van der Waals surface area contributed by atoms with Crippen LogP contribution in [0.15, 0.2) is 6.20 Å². The third-order valence-corrected chi connectivity index (χ3v) is 3.13. The summed E-state index contributed by atoms with van der Waals surface area (Å²) in [6.45, 7) is 3.08. The Kier molecular flexibility index (Phi) is 4.56. The van der Waals surface area contributed by atoms with E-state index in [1.54, 1.807) is 32.2 Å². The molecule has 114 valence electrons. The van der Waals surface area contributed by atoms with Crippen LogP contribution in [0.25, 0.3) is 11.0 Å². The van der Waals surface area contributed by atoms with E-state index in [1.165, 1.54) is 0 Å². The van der Waals surface area contributed by atoms with Crippen LogP contribution >= 0.6 is 0 Å². The van der Waals surface area contributed by atoms with Gasteiger partial charge in [-0.25, -0.2) is 0 Å². The van der Waals surface area contributed by atoms with Crippen LogP contribution in [0.1, 0.15) is 13.3 Å². The van der Waals surface area contributed by atoms with Crippen LogP contribution in [0.2, 0.25) is 0 Å². The minimum absolute atomic E-state index is 0.0321. The Morgan fingerprint density at radius 3 is 2.76 bits per heavy atom. The van der Waals surface area contributed by atoms with Gasteiger partial charge in [-0.1, -0.05) is 6.92 Å². The number of nitrogens with zero attached hydrogens (tertiary/aromatic N) is 5. The Hall–Kier alpha value is -2.38. The van der Waals surface area contributed by atoms with Crippen molar-refractivity contribution < 1.29 is 4.79 Å². The predicted octanol–water partition coefficient (Wildman–Crippen LogP) is 0.699. The van der Waals surface area contributed by atoms with Crippen molar-refractivity contribution in [2.75, 3.05) is 44.4 Å². The second-order valence-corrected chi connectivity index (χ2v) is 4.96. The molecule has 0 aliphatic rings. The molecule has 0 bridgehead atoms. The summed E-state index contributed by atoms with van der Waals surface area (Å²) in [6.07, 6.45) is 2.60. The molecular weight excluding hydrogens is 270 g/mol. The largest absolute Gasteiger partial charge is 0.357 e. The molecule has 2 aromatic heterocycles. The maximum absolute atomic E-state index is 12.0. The van der Waals surface area contributed by atoms with Crippen molar-refractivity contribution in [1.82, 2.24) is 25.1 Å². The Labute approximate surface area is 123 Å². The summed E-state index contributed by atoms with van der Waals surface area (Å²) >= 11 is 0. The molecule has 0 unspecified atom stereocenters. The number of hydrogen-bond acceptors (Lipinski definition) is 6. The van der Waals surface area contributed by atoms with Crippen molar-refractivity contribution in [3.8, 4) is 0 Å². The molecule has 1 amide bonds. The maximum atomic E-state index is 12.0. The third-order valence-electron chi connectivity index (χ3n) is 3.13. The zero-order valence-electron chi connectivity index (χ0n) is 12.8. The van der Waals surface area contributed by atoms with Crippen molar-refractivity contribution in [3.63, 3.8) is 0 Å². The average Bonchev–Trinajstić information content (AvgIpc) is 2.93. The van der Waals surface area contributed by atoms with E-state index in [0.29, 0.717) is 11.6 Å². The molecule has 0 fully saturated rings. The Balaban J connectivity index is 2.43. The Bertz CT molecular complexity index is 622. The van der Waals surface area contributed by atoms with E-state index in [0.717, 1.165) is 24.2 Å². The van der Waals surface area contributed by atoms with Gasteiger partial charge >= 0.3 is 0 Å². The molecule has 0 aliphatic carbocycles. The number of likely N-dealkylation sites (N-methyl/N-ethyl adjacent to an activating group) is 1. The van der Waals surface area contributed by atoms with Crippen LogP contribution in [0.3, 0.4) is 0 Å². The number of amides is 1. The van der Waals surface area contributed by atoms with Gasteiger partial charge in [0.2, 0.25) is 11.9 Å². The standard InChI is InChI=1S/C13H21N7O/c1-5-6-20(8-10(21)19(3)4)12-9-7-15-18-11(9)16-13(14-2)17-12/h7H,5-6,8H2,1-4H3,(H2,14,15,16,17,18). The fourth-order valence-electron chi connectivity index (χ4n) is 2.01. The number of hydrogen-bond donors (Lipinski definition) is 2. The van der Waals surface area contributed by atoms with Crippen LogP contribution in [0.5, 0.6) is 0 Å². The molecule has 21 heavy (non-hydrogen) atoms. The molecule has 8 heteroatoms. The molecule has 2 heterocycles. The van der Waals surface area contributed by atoms with Crippen molar-refractivity contribution in [2.45, 2.75) is 13.3 Å². The lowest BCUT2D eigenvalue weighted by Gasteiger charge is -2.25. The highest BCUT2D eigenvalue weighted by molar-refractivity contribution is 5.90. The maximum Gasteiger partial charge on any atom is 0.241 e. The van der Waals surface area contributed by atoms with Crippen LogP contribution in [0, 0.1) is 0 Å². The van der Waals surface area contributed by atoms with Crippen molar-refractivity contribution in [1.29, 1.82) is 0 Å². The number of fused-ring (bicyclic) bond motifs is 1. The van der Waals surface area contributed by atoms with Crippen LogP contribution in [0.4, 0.5) is 11.8 Å². The fraction of sp³-hybridized carbons (Fsp3) is 0.538. The van der Waals surface area contributed by atoms with Gasteiger partial charge in [-0.05, 0) is 6.42 Å². The van der Waals surface area contributed by atoms with Gasteiger partial charge in [-0.3, -0.25) is 9.89 Å². The first-order valence-electron chi connectivity index (χ1n) is 6.90. The first-order chi connectivity index (χ1) is 10.1. The number of aromatic nitrogens is 4. The molecule has 0 spiro atoms. The average molecular weight is 291 g/mol. The Morgan fingerprint density at radius 1 is 1.38 bits per heavy atom. The van der Waals surface area contributed by atoms with Gasteiger partial charge in [0.25, 0.3) is 0 Å². The fourth-order valence-corrected chi connectivity index (χ4v) is 2.01. The van der Waals surface area contributed by atoms with E-state index in [-0.39, 0.29) is 12.5 Å². The third kappa shape index (κ3) is 3.21. The van der Waals surface area contributed by atoms with E-state index < -0.39 is 0 Å². The minimum Gasteiger partial charge on any atom is -0.357 e. The number of H-pyrrole nitrogens is 1. The highest BCUT2D eigenvalue weighted by atomic mass is 16.2. The van der Waals surface area contributed by atoms with E-state index in [2.05, 4.69) is 32.4 Å². The molecule has 0 atom stereocenters. The van der Waals surface area contributed by atoms with Crippen LogP contribution in [-0.4, -0.2) is 65.2 Å². The number of nitrogens with one attached hydrogen (secondary N) is 2. The Morgan fingerprint density at radius 2 is 2.14 bits per heavy atom. The van der Waals surface area contributed by atoms with Gasteiger partial charge < -0.3 is 15.1 Å². The number of anilines is 2. The van der Waals surface area contributed by atoms with E-state index >= 15 is 0 Å². The quantitative estimate of drug-likeness (QED) is 0.814. The van der Waals surface area contributed by atoms with Gasteiger partial charge in [0.1, 0.15) is 5.82 Å². The number of carbonyl (C=O) groups excluding carboxylic acids is 1. The number of carbonyl (C=O) groups is 1. The zero-order chi connectivity index (χ0) is 15.4. The van der Waals surface area contributed by atoms with Gasteiger partial charge in [0.05, 0.1) is 18.1 Å². The summed E-state index contributed by atoms with van der Waals surface area (Å²) in [4.78, 5) is 24.4. The molecule has 0 saturated carbocycles. The lowest BCUT2D eigenvalue weighted by atomic mass is 10.3. The molecule has 0 aromatic carbocycles. The monoisotopic (exact) mass is 291 g/mol. The second-order valence-electron chi connectivity index (χ2n) is 4.96. The first-order valence-corrected chi connectivity index (χ1v) is 6.90. The summed E-state index contributed by atoms with van der Waals surface area (Å²) in [5.41, 5.74) is 0.655. The normalized spacial score (nSPS) is 10.7. The van der Waals surface area contributed by atoms with Gasteiger partial charge in [0, 0.05) is 27.7 Å². The summed E-state index contributed by atoms with van der Waals surface area (Å²) in [6, 6.07) is 0. The summed E-state index contributed by atoms with van der Waals surface area (Å²) < 4.78 is 0. The lowest BCUT2D eigenvalue weighted by Crippen LogP contribution is -2.37. The van der Waals surface area contributed by atoms with Gasteiger partial charge in [0.15, 0.2) is 5.65 Å². The summed E-state index contributed by atoms with van der Waals surface area (Å²) in [5, 5.41) is 10.6. The van der Waals surface area contributed by atoms with Crippen LogP contribution < -0.4 is 10.2 Å². The van der Waals surface area contributed by atoms with Crippen molar-refractivity contribution in [2.24, 2.45) is 0 Å². The molecule has 0 aliphatic heterocycles. The van der Waals surface area contributed by atoms with Gasteiger partial charge in [-0.15, -0.1) is 0 Å². The SMILES string of the molecule is CCCN(CC(=O)N(C)C)c1nc(NC)nc2[nH]ncc12. The van der Waals surface area contributed by atoms with E-state index in [9.17, 15) is 4.79 Å². The van der Waals surface area contributed by atoms with Crippen LogP contribution in [-0.2, 0) is 4.79 Å². The van der Waals surface area contributed by atoms with Gasteiger partial charge in [-0.2, -0.15) is 15.1 Å². The van der Waals surface area contributed by atoms with Crippen molar-refractivity contribution >= 4 is 28.7 Å². The van der Waals surface area contributed by atoms with Crippen molar-refractivity contribution in [3.05, 3.63) is 6.20 Å². The lowest BCUT2D eigenvalue weighted by molar-refractivity contribution is -0.127. The molecule has 0 saturated heterocycles. The van der Waals surface area contributed by atoms with E-state index in [4.69, 9.17) is 0 Å². The predicted molar refractivity (Wildman–Crippen MR) is 82.4 cm³/mol. The highest BCUT2D eigenvalue weighted by Crippen LogP contribution is 2.24. The topological polar surface area (TPSA) is 90.0 Å².